The number of rotatable bonds is 7. The molecule has 2 aromatic carbocycles. The van der Waals surface area contributed by atoms with Crippen LogP contribution < -0.4 is 10.0 Å². The zero-order valence-electron chi connectivity index (χ0n) is 14.7. The number of nitrogens with one attached hydrogen (secondary N) is 2. The maximum absolute atomic E-state index is 12.4. The van der Waals surface area contributed by atoms with Gasteiger partial charge in [0, 0.05) is 17.3 Å². The lowest BCUT2D eigenvalue weighted by molar-refractivity contribution is 0.102. The number of carbonyl (C=O) groups excluding carboxylic acids is 1. The number of hydrogen-bond donors (Lipinski definition) is 2. The fourth-order valence-electron chi connectivity index (χ4n) is 2.25. The number of hydrogen-bond acceptors (Lipinski definition) is 3. The van der Waals surface area contributed by atoms with Gasteiger partial charge in [-0.15, -0.1) is 0 Å². The van der Waals surface area contributed by atoms with Crippen molar-refractivity contribution in [3.8, 4) is 0 Å². The Bertz CT molecular complexity index is 830. The van der Waals surface area contributed by atoms with E-state index >= 15 is 0 Å². The normalized spacial score (nSPS) is 12.6. The Hall–Kier alpha value is -2.18. The maximum Gasteiger partial charge on any atom is 0.255 e. The van der Waals surface area contributed by atoms with Gasteiger partial charge in [0.05, 0.1) is 4.90 Å². The van der Waals surface area contributed by atoms with Crippen molar-refractivity contribution in [1.29, 1.82) is 0 Å². The Kier molecular flexibility index (Phi) is 6.33. The number of sulfonamides is 1. The summed E-state index contributed by atoms with van der Waals surface area (Å²) in [4.78, 5) is 12.5. The zero-order valence-corrected chi connectivity index (χ0v) is 15.6. The number of aryl methyl sites for hydroxylation is 1. The summed E-state index contributed by atoms with van der Waals surface area (Å²) in [6.45, 7) is 5.77. The molecule has 0 heterocycles. The minimum atomic E-state index is -3.64. The first-order valence-corrected chi connectivity index (χ1v) is 9.86. The molecular weight excluding hydrogens is 336 g/mol. The molecule has 0 aliphatic carbocycles. The number of benzene rings is 2. The van der Waals surface area contributed by atoms with Crippen LogP contribution in [-0.2, 0) is 16.4 Å². The smallest absolute Gasteiger partial charge is 0.255 e. The quantitative estimate of drug-likeness (QED) is 0.792. The van der Waals surface area contributed by atoms with Gasteiger partial charge in [-0.25, -0.2) is 13.1 Å². The summed E-state index contributed by atoms with van der Waals surface area (Å²) in [6.07, 6.45) is 1.62. The van der Waals surface area contributed by atoms with E-state index < -0.39 is 10.0 Å². The van der Waals surface area contributed by atoms with Crippen molar-refractivity contribution in [2.75, 3.05) is 5.32 Å². The van der Waals surface area contributed by atoms with E-state index in [1.54, 1.807) is 19.1 Å². The van der Waals surface area contributed by atoms with Gasteiger partial charge in [0.1, 0.15) is 0 Å². The molecule has 0 spiro atoms. The standard InChI is InChI=1S/C19H24N2O3S/c1-4-14(3)21-25(23,24)18-8-6-7-16(13-18)19(22)20-17-11-9-15(5-2)10-12-17/h6-14,21H,4-5H2,1-3H3,(H,20,22). The molecule has 0 saturated carbocycles. The molecule has 0 aliphatic heterocycles. The highest BCUT2D eigenvalue weighted by molar-refractivity contribution is 7.89. The fourth-order valence-corrected chi connectivity index (χ4v) is 3.62. The van der Waals surface area contributed by atoms with Crippen molar-refractivity contribution in [3.05, 3.63) is 59.7 Å². The van der Waals surface area contributed by atoms with Crippen molar-refractivity contribution >= 4 is 21.6 Å². The first-order valence-electron chi connectivity index (χ1n) is 8.38. The van der Waals surface area contributed by atoms with E-state index in [0.29, 0.717) is 17.7 Å². The molecule has 25 heavy (non-hydrogen) atoms. The lowest BCUT2D eigenvalue weighted by atomic mass is 10.1. The lowest BCUT2D eigenvalue weighted by Gasteiger charge is -2.13. The monoisotopic (exact) mass is 360 g/mol. The molecule has 0 bridgehead atoms. The van der Waals surface area contributed by atoms with E-state index in [4.69, 9.17) is 0 Å². The first-order chi connectivity index (χ1) is 11.9. The second kappa shape index (κ2) is 8.27. The molecule has 5 nitrogen and oxygen atoms in total. The molecule has 0 aliphatic rings. The topological polar surface area (TPSA) is 75.3 Å². The van der Waals surface area contributed by atoms with Gasteiger partial charge in [0.15, 0.2) is 0 Å². The summed E-state index contributed by atoms with van der Waals surface area (Å²) in [6, 6.07) is 13.4. The molecule has 0 aromatic heterocycles. The number of amides is 1. The van der Waals surface area contributed by atoms with Crippen LogP contribution in [0.5, 0.6) is 0 Å². The molecule has 0 fully saturated rings. The van der Waals surface area contributed by atoms with Gasteiger partial charge in [-0.1, -0.05) is 32.0 Å². The van der Waals surface area contributed by atoms with E-state index in [9.17, 15) is 13.2 Å². The minimum absolute atomic E-state index is 0.0850. The lowest BCUT2D eigenvalue weighted by Crippen LogP contribution is -2.32. The van der Waals surface area contributed by atoms with Crippen molar-refractivity contribution in [1.82, 2.24) is 4.72 Å². The SMILES string of the molecule is CCc1ccc(NC(=O)c2cccc(S(=O)(=O)NC(C)CC)c2)cc1. The Morgan fingerprint density at radius 1 is 1.08 bits per heavy atom. The molecule has 6 heteroatoms. The Morgan fingerprint density at radius 2 is 1.76 bits per heavy atom. The van der Waals surface area contributed by atoms with Gasteiger partial charge in [-0.3, -0.25) is 4.79 Å². The van der Waals surface area contributed by atoms with Crippen LogP contribution in [0.1, 0.15) is 43.1 Å². The summed E-state index contributed by atoms with van der Waals surface area (Å²) in [5, 5.41) is 2.79. The molecule has 1 amide bonds. The van der Waals surface area contributed by atoms with Gasteiger partial charge in [0.2, 0.25) is 10.0 Å². The van der Waals surface area contributed by atoms with Gasteiger partial charge < -0.3 is 5.32 Å². The van der Waals surface area contributed by atoms with Crippen LogP contribution >= 0.6 is 0 Å². The molecule has 0 radical (unpaired) electrons. The van der Waals surface area contributed by atoms with Crippen molar-refractivity contribution < 1.29 is 13.2 Å². The second-order valence-electron chi connectivity index (χ2n) is 5.96. The maximum atomic E-state index is 12.4. The molecule has 1 unspecified atom stereocenters. The van der Waals surface area contributed by atoms with Crippen molar-refractivity contribution in [2.45, 2.75) is 44.6 Å². The van der Waals surface area contributed by atoms with E-state index in [2.05, 4.69) is 17.0 Å². The van der Waals surface area contributed by atoms with Gasteiger partial charge in [-0.2, -0.15) is 0 Å². The van der Waals surface area contributed by atoms with Gasteiger partial charge in [-0.05, 0) is 55.7 Å². The largest absolute Gasteiger partial charge is 0.322 e. The van der Waals surface area contributed by atoms with Gasteiger partial charge >= 0.3 is 0 Å². The predicted molar refractivity (Wildman–Crippen MR) is 100 cm³/mol. The minimum Gasteiger partial charge on any atom is -0.322 e. The van der Waals surface area contributed by atoms with Gasteiger partial charge in [0.25, 0.3) is 5.91 Å². The van der Waals surface area contributed by atoms with Crippen LogP contribution in [0.3, 0.4) is 0 Å². The Morgan fingerprint density at radius 3 is 2.36 bits per heavy atom. The van der Waals surface area contributed by atoms with Crippen LogP contribution in [0, 0.1) is 0 Å². The highest BCUT2D eigenvalue weighted by atomic mass is 32.2. The fraction of sp³-hybridized carbons (Fsp3) is 0.316. The van der Waals surface area contributed by atoms with Crippen molar-refractivity contribution in [3.63, 3.8) is 0 Å². The van der Waals surface area contributed by atoms with Crippen LogP contribution in [0.15, 0.2) is 53.4 Å². The van der Waals surface area contributed by atoms with E-state index in [0.717, 1.165) is 6.42 Å². The highest BCUT2D eigenvalue weighted by Crippen LogP contribution is 2.15. The summed E-state index contributed by atoms with van der Waals surface area (Å²) in [5.41, 5.74) is 2.15. The average Bonchev–Trinajstić information content (AvgIpc) is 2.62. The van der Waals surface area contributed by atoms with E-state index in [-0.39, 0.29) is 16.8 Å². The molecule has 2 aromatic rings. The summed E-state index contributed by atoms with van der Waals surface area (Å²) in [5.74, 6) is -0.343. The third kappa shape index (κ3) is 5.14. The third-order valence-electron chi connectivity index (χ3n) is 4.00. The first kappa shape index (κ1) is 19.1. The van der Waals surface area contributed by atoms with E-state index in [1.165, 1.54) is 17.7 Å². The van der Waals surface area contributed by atoms with Crippen LogP contribution in [-0.4, -0.2) is 20.4 Å². The number of anilines is 1. The van der Waals surface area contributed by atoms with E-state index in [1.807, 2.05) is 31.2 Å². The average molecular weight is 360 g/mol. The Balaban J connectivity index is 2.18. The molecular formula is C19H24N2O3S. The zero-order chi connectivity index (χ0) is 18.4. The molecule has 2 N–H and O–H groups in total. The second-order valence-corrected chi connectivity index (χ2v) is 7.68. The van der Waals surface area contributed by atoms with Crippen LogP contribution in [0.25, 0.3) is 0 Å². The summed E-state index contributed by atoms with van der Waals surface area (Å²) >= 11 is 0. The predicted octanol–water partition coefficient (Wildman–Crippen LogP) is 3.58. The molecule has 2 rings (SSSR count). The number of carbonyl (C=O) groups is 1. The highest BCUT2D eigenvalue weighted by Gasteiger charge is 2.18. The third-order valence-corrected chi connectivity index (χ3v) is 5.58. The van der Waals surface area contributed by atoms with Crippen molar-refractivity contribution in [2.24, 2.45) is 0 Å². The summed E-state index contributed by atoms with van der Waals surface area (Å²) < 4.78 is 27.3. The summed E-state index contributed by atoms with van der Waals surface area (Å²) in [7, 11) is -3.64. The molecule has 0 saturated heterocycles. The molecule has 134 valence electrons. The van der Waals surface area contributed by atoms with Crippen LogP contribution in [0.4, 0.5) is 5.69 Å². The molecule has 1 atom stereocenters. The Labute approximate surface area is 149 Å². The van der Waals surface area contributed by atoms with Crippen LogP contribution in [0.2, 0.25) is 0 Å².